The molecule has 2 aromatic carbocycles. The Morgan fingerprint density at radius 1 is 1.09 bits per heavy atom. The Morgan fingerprint density at radius 2 is 1.83 bits per heavy atom. The lowest BCUT2D eigenvalue weighted by Crippen LogP contribution is -2.20. The van der Waals surface area contributed by atoms with Crippen molar-refractivity contribution < 1.29 is 14.3 Å². The van der Waals surface area contributed by atoms with Gasteiger partial charge in [0.15, 0.2) is 6.61 Å². The van der Waals surface area contributed by atoms with Gasteiger partial charge in [-0.2, -0.15) is 0 Å². The number of hydrogen-bond acceptors (Lipinski definition) is 3. The highest BCUT2D eigenvalue weighted by Gasteiger charge is 2.08. The van der Waals surface area contributed by atoms with Crippen LogP contribution in [-0.2, 0) is 14.3 Å². The first-order valence-corrected chi connectivity index (χ1v) is 7.45. The first kappa shape index (κ1) is 17.1. The van der Waals surface area contributed by atoms with Gasteiger partial charge in [-0.1, -0.05) is 53.5 Å². The fourth-order valence-corrected chi connectivity index (χ4v) is 2.03. The smallest absolute Gasteiger partial charge is 0.331 e. The largest absolute Gasteiger partial charge is 0.452 e. The molecule has 0 heterocycles. The van der Waals surface area contributed by atoms with Gasteiger partial charge in [0.1, 0.15) is 0 Å². The molecule has 0 aliphatic rings. The van der Waals surface area contributed by atoms with Crippen molar-refractivity contribution in [1.82, 2.24) is 0 Å². The molecular formula is C17H13Cl2NO3. The minimum atomic E-state index is -0.610. The Balaban J connectivity index is 1.83. The summed E-state index contributed by atoms with van der Waals surface area (Å²) in [5.74, 6) is -1.11. The van der Waals surface area contributed by atoms with Crippen LogP contribution < -0.4 is 5.32 Å². The maximum Gasteiger partial charge on any atom is 0.331 e. The van der Waals surface area contributed by atoms with E-state index in [-0.39, 0.29) is 0 Å². The maximum absolute atomic E-state index is 11.7. The van der Waals surface area contributed by atoms with E-state index in [0.29, 0.717) is 15.7 Å². The van der Waals surface area contributed by atoms with Crippen molar-refractivity contribution in [2.45, 2.75) is 0 Å². The number of halogens is 2. The molecule has 1 N–H and O–H groups in total. The van der Waals surface area contributed by atoms with Gasteiger partial charge in [0.05, 0.1) is 10.7 Å². The summed E-state index contributed by atoms with van der Waals surface area (Å²) in [6, 6.07) is 14.0. The normalized spacial score (nSPS) is 10.5. The Kier molecular flexibility index (Phi) is 6.20. The van der Waals surface area contributed by atoms with E-state index in [4.69, 9.17) is 27.9 Å². The van der Waals surface area contributed by atoms with Crippen LogP contribution in [0.15, 0.2) is 54.6 Å². The van der Waals surface area contributed by atoms with Crippen LogP contribution in [0.1, 0.15) is 5.56 Å². The highest BCUT2D eigenvalue weighted by atomic mass is 35.5. The molecule has 4 nitrogen and oxygen atoms in total. The summed E-state index contributed by atoms with van der Waals surface area (Å²) in [4.78, 5) is 23.3. The molecule has 0 unspecified atom stereocenters. The van der Waals surface area contributed by atoms with Gasteiger partial charge >= 0.3 is 5.97 Å². The summed E-state index contributed by atoms with van der Waals surface area (Å²) in [5.41, 5.74) is 1.22. The van der Waals surface area contributed by atoms with Gasteiger partial charge < -0.3 is 10.1 Å². The number of amides is 1. The zero-order chi connectivity index (χ0) is 16.7. The third-order valence-corrected chi connectivity index (χ3v) is 3.32. The average Bonchev–Trinajstić information content (AvgIpc) is 2.55. The summed E-state index contributed by atoms with van der Waals surface area (Å²) >= 11 is 11.8. The number of benzene rings is 2. The molecule has 118 valence electrons. The monoisotopic (exact) mass is 349 g/mol. The van der Waals surface area contributed by atoms with Crippen molar-refractivity contribution in [3.05, 3.63) is 70.2 Å². The number of nitrogens with one attached hydrogen (secondary N) is 1. The van der Waals surface area contributed by atoms with Crippen LogP contribution in [0.25, 0.3) is 6.08 Å². The highest BCUT2D eigenvalue weighted by molar-refractivity contribution is 6.35. The molecule has 0 atom stereocenters. The van der Waals surface area contributed by atoms with E-state index < -0.39 is 18.5 Å². The van der Waals surface area contributed by atoms with Crippen molar-refractivity contribution in [1.29, 1.82) is 0 Å². The van der Waals surface area contributed by atoms with Crippen LogP contribution in [0.4, 0.5) is 5.69 Å². The zero-order valence-electron chi connectivity index (χ0n) is 12.0. The molecular weight excluding hydrogens is 337 g/mol. The molecule has 0 aromatic heterocycles. The van der Waals surface area contributed by atoms with E-state index in [1.165, 1.54) is 12.1 Å². The lowest BCUT2D eigenvalue weighted by atomic mass is 10.2. The van der Waals surface area contributed by atoms with Crippen LogP contribution in [0.2, 0.25) is 10.0 Å². The number of hydrogen-bond donors (Lipinski definition) is 1. The Morgan fingerprint density at radius 3 is 2.57 bits per heavy atom. The van der Waals surface area contributed by atoms with E-state index in [1.54, 1.807) is 18.2 Å². The van der Waals surface area contributed by atoms with E-state index in [2.05, 4.69) is 5.32 Å². The molecule has 0 radical (unpaired) electrons. The average molecular weight is 350 g/mol. The van der Waals surface area contributed by atoms with Gasteiger partial charge in [-0.25, -0.2) is 4.79 Å². The Bertz CT molecular complexity index is 730. The van der Waals surface area contributed by atoms with Crippen LogP contribution in [0.3, 0.4) is 0 Å². The van der Waals surface area contributed by atoms with Crippen LogP contribution in [-0.4, -0.2) is 18.5 Å². The number of carbonyl (C=O) groups is 2. The summed E-state index contributed by atoms with van der Waals surface area (Å²) < 4.78 is 4.85. The number of esters is 1. The molecule has 2 rings (SSSR count). The second-order valence-electron chi connectivity index (χ2n) is 4.52. The predicted molar refractivity (Wildman–Crippen MR) is 91.5 cm³/mol. The first-order chi connectivity index (χ1) is 11.0. The Labute approximate surface area is 143 Å². The van der Waals surface area contributed by atoms with Crippen LogP contribution in [0, 0.1) is 0 Å². The standard InChI is InChI=1S/C17H13Cl2NO3/c18-13-7-8-14(19)15(10-13)20-16(21)11-23-17(22)9-6-12-4-2-1-3-5-12/h1-10H,11H2,(H,20,21). The maximum atomic E-state index is 11.7. The third kappa shape index (κ3) is 5.77. The summed E-state index contributed by atoms with van der Waals surface area (Å²) in [5, 5.41) is 3.31. The van der Waals surface area contributed by atoms with Crippen molar-refractivity contribution in [2.75, 3.05) is 11.9 Å². The van der Waals surface area contributed by atoms with E-state index in [1.807, 2.05) is 30.3 Å². The topological polar surface area (TPSA) is 55.4 Å². The molecule has 23 heavy (non-hydrogen) atoms. The molecule has 2 aromatic rings. The first-order valence-electron chi connectivity index (χ1n) is 6.69. The van der Waals surface area contributed by atoms with E-state index in [9.17, 15) is 9.59 Å². The fraction of sp³-hybridized carbons (Fsp3) is 0.0588. The summed E-state index contributed by atoms with van der Waals surface area (Å²) in [6.45, 7) is -0.416. The molecule has 0 saturated heterocycles. The molecule has 0 spiro atoms. The molecule has 6 heteroatoms. The Hall–Kier alpha value is -2.30. The zero-order valence-corrected chi connectivity index (χ0v) is 13.5. The number of anilines is 1. The second kappa shape index (κ2) is 8.36. The number of carbonyl (C=O) groups excluding carboxylic acids is 2. The lowest BCUT2D eigenvalue weighted by molar-refractivity contribution is -0.142. The predicted octanol–water partition coefficient (Wildman–Crippen LogP) is 4.19. The van der Waals surface area contributed by atoms with Crippen molar-refractivity contribution >= 4 is 46.8 Å². The van der Waals surface area contributed by atoms with Gasteiger partial charge in [-0.3, -0.25) is 4.79 Å². The van der Waals surface area contributed by atoms with E-state index >= 15 is 0 Å². The van der Waals surface area contributed by atoms with Crippen molar-refractivity contribution in [3.8, 4) is 0 Å². The van der Waals surface area contributed by atoms with Gasteiger partial charge in [-0.05, 0) is 29.8 Å². The van der Waals surface area contributed by atoms with E-state index in [0.717, 1.165) is 5.56 Å². The van der Waals surface area contributed by atoms with Gasteiger partial charge in [0.25, 0.3) is 5.91 Å². The van der Waals surface area contributed by atoms with Gasteiger partial charge in [0.2, 0.25) is 0 Å². The summed E-state index contributed by atoms with van der Waals surface area (Å²) in [6.07, 6.45) is 2.86. The van der Waals surface area contributed by atoms with Crippen LogP contribution in [0.5, 0.6) is 0 Å². The van der Waals surface area contributed by atoms with Crippen LogP contribution >= 0.6 is 23.2 Å². The third-order valence-electron chi connectivity index (χ3n) is 2.76. The fourth-order valence-electron chi connectivity index (χ4n) is 1.69. The number of ether oxygens (including phenoxy) is 1. The molecule has 0 bridgehead atoms. The minimum absolute atomic E-state index is 0.345. The lowest BCUT2D eigenvalue weighted by Gasteiger charge is -2.07. The molecule has 1 amide bonds. The minimum Gasteiger partial charge on any atom is -0.452 e. The molecule has 0 aliphatic carbocycles. The SMILES string of the molecule is O=C(COC(=O)C=Cc1ccccc1)Nc1cc(Cl)ccc1Cl. The quantitative estimate of drug-likeness (QED) is 0.650. The van der Waals surface area contributed by atoms with Crippen molar-refractivity contribution in [3.63, 3.8) is 0 Å². The van der Waals surface area contributed by atoms with Gasteiger partial charge in [0, 0.05) is 11.1 Å². The van der Waals surface area contributed by atoms with Gasteiger partial charge in [-0.15, -0.1) is 0 Å². The molecule has 0 saturated carbocycles. The second-order valence-corrected chi connectivity index (χ2v) is 5.37. The van der Waals surface area contributed by atoms with Crippen molar-refractivity contribution in [2.24, 2.45) is 0 Å². The number of rotatable bonds is 5. The molecule has 0 aliphatic heterocycles. The molecule has 0 fully saturated rings. The summed E-state index contributed by atoms with van der Waals surface area (Å²) in [7, 11) is 0. The highest BCUT2D eigenvalue weighted by Crippen LogP contribution is 2.25.